The number of amides is 1. The molecule has 3 heteroatoms. The fourth-order valence-corrected chi connectivity index (χ4v) is 3.72. The van der Waals surface area contributed by atoms with Crippen LogP contribution in [0.1, 0.15) is 50.0 Å². The predicted octanol–water partition coefficient (Wildman–Crippen LogP) is 4.86. The highest BCUT2D eigenvalue weighted by molar-refractivity contribution is 6.02. The average molecular weight is 322 g/mol. The molecule has 0 spiro atoms. The zero-order chi connectivity index (χ0) is 17.3. The van der Waals surface area contributed by atoms with E-state index in [-0.39, 0.29) is 17.9 Å². The molecule has 3 nitrogen and oxygen atoms in total. The normalized spacial score (nSPS) is 21.4. The number of hydrogen-bond donors (Lipinski definition) is 1. The van der Waals surface area contributed by atoms with E-state index in [1.807, 2.05) is 42.5 Å². The van der Waals surface area contributed by atoms with Gasteiger partial charge in [0.2, 0.25) is 0 Å². The summed E-state index contributed by atoms with van der Waals surface area (Å²) in [5.41, 5.74) is 2.26. The Morgan fingerprint density at radius 1 is 1.00 bits per heavy atom. The molecule has 0 fully saturated rings. The van der Waals surface area contributed by atoms with Gasteiger partial charge in [0.05, 0.1) is 5.56 Å². The van der Waals surface area contributed by atoms with Gasteiger partial charge in [-0.3, -0.25) is 4.79 Å². The van der Waals surface area contributed by atoms with Crippen LogP contribution in [-0.4, -0.2) is 16.8 Å². The van der Waals surface area contributed by atoms with Crippen molar-refractivity contribution in [3.63, 3.8) is 0 Å². The Labute approximate surface area is 144 Å². The smallest absolute Gasteiger partial charge is 0.258 e. The zero-order valence-electron chi connectivity index (χ0n) is 14.9. The van der Waals surface area contributed by atoms with Gasteiger partial charge in [0.25, 0.3) is 5.91 Å². The summed E-state index contributed by atoms with van der Waals surface area (Å²) in [5, 5.41) is 3.73. The van der Waals surface area contributed by atoms with Crippen LogP contribution in [0.15, 0.2) is 54.6 Å². The molecule has 1 heterocycles. The molecule has 0 saturated heterocycles. The van der Waals surface area contributed by atoms with Gasteiger partial charge in [-0.1, -0.05) is 63.2 Å². The van der Waals surface area contributed by atoms with E-state index >= 15 is 0 Å². The molecule has 1 aliphatic heterocycles. The standard InChI is InChI=1S/C21H26N2O/c1-5-16(4)23-20(24)18-13-9-10-14-19(18)22-21(23,15(2)3)17-11-7-6-8-12-17/h6-16,22H,5H2,1-4H3. The number of nitrogens with one attached hydrogen (secondary N) is 1. The van der Waals surface area contributed by atoms with E-state index in [0.717, 1.165) is 23.2 Å². The van der Waals surface area contributed by atoms with Crippen LogP contribution >= 0.6 is 0 Å². The topological polar surface area (TPSA) is 32.3 Å². The van der Waals surface area contributed by atoms with Gasteiger partial charge in [0, 0.05) is 11.7 Å². The highest BCUT2D eigenvalue weighted by atomic mass is 16.2. The lowest BCUT2D eigenvalue weighted by Crippen LogP contribution is -2.63. The molecule has 3 rings (SSSR count). The first kappa shape index (κ1) is 16.6. The Bertz CT molecular complexity index is 726. The molecule has 0 aliphatic carbocycles. The van der Waals surface area contributed by atoms with E-state index in [9.17, 15) is 4.79 Å². The first-order chi connectivity index (χ1) is 11.5. The molecule has 24 heavy (non-hydrogen) atoms. The van der Waals surface area contributed by atoms with Gasteiger partial charge in [-0.15, -0.1) is 0 Å². The molecular weight excluding hydrogens is 296 g/mol. The zero-order valence-corrected chi connectivity index (χ0v) is 14.9. The second kappa shape index (κ2) is 6.31. The van der Waals surface area contributed by atoms with Crippen LogP contribution < -0.4 is 5.32 Å². The van der Waals surface area contributed by atoms with Crippen molar-refractivity contribution >= 4 is 11.6 Å². The van der Waals surface area contributed by atoms with Crippen molar-refractivity contribution in [3.05, 3.63) is 65.7 Å². The summed E-state index contributed by atoms with van der Waals surface area (Å²) in [4.78, 5) is 15.4. The second-order valence-electron chi connectivity index (χ2n) is 6.89. The van der Waals surface area contributed by atoms with Crippen molar-refractivity contribution in [2.75, 3.05) is 5.32 Å². The molecule has 0 radical (unpaired) electrons. The van der Waals surface area contributed by atoms with Crippen molar-refractivity contribution in [1.29, 1.82) is 0 Å². The molecule has 2 aromatic carbocycles. The lowest BCUT2D eigenvalue weighted by molar-refractivity contribution is 0.0185. The van der Waals surface area contributed by atoms with E-state index in [1.165, 1.54) is 0 Å². The number of fused-ring (bicyclic) bond motifs is 1. The van der Waals surface area contributed by atoms with E-state index in [1.54, 1.807) is 0 Å². The summed E-state index contributed by atoms with van der Waals surface area (Å²) in [6.45, 7) is 8.62. The van der Waals surface area contributed by atoms with Gasteiger partial charge in [0.1, 0.15) is 5.66 Å². The maximum atomic E-state index is 13.4. The molecule has 1 N–H and O–H groups in total. The highest BCUT2D eigenvalue weighted by Crippen LogP contribution is 2.44. The number of benzene rings is 2. The summed E-state index contributed by atoms with van der Waals surface area (Å²) < 4.78 is 0. The molecule has 1 amide bonds. The average Bonchev–Trinajstić information content (AvgIpc) is 2.61. The van der Waals surface area contributed by atoms with Gasteiger partial charge in [-0.25, -0.2) is 0 Å². The van der Waals surface area contributed by atoms with Crippen LogP contribution in [0.5, 0.6) is 0 Å². The van der Waals surface area contributed by atoms with Gasteiger partial charge in [-0.05, 0) is 37.0 Å². The maximum Gasteiger partial charge on any atom is 0.258 e. The lowest BCUT2D eigenvalue weighted by atomic mass is 9.82. The lowest BCUT2D eigenvalue weighted by Gasteiger charge is -2.53. The number of para-hydroxylation sites is 1. The molecule has 1 aliphatic rings. The third-order valence-electron chi connectivity index (χ3n) is 5.16. The van der Waals surface area contributed by atoms with Crippen LogP contribution in [0.25, 0.3) is 0 Å². The number of rotatable bonds is 4. The molecular formula is C21H26N2O. The Balaban J connectivity index is 2.27. The number of hydrogen-bond acceptors (Lipinski definition) is 2. The first-order valence-electron chi connectivity index (χ1n) is 8.78. The minimum atomic E-state index is -0.540. The van der Waals surface area contributed by atoms with Gasteiger partial charge >= 0.3 is 0 Å². The molecule has 2 aromatic rings. The largest absolute Gasteiger partial charge is 0.358 e. The number of carbonyl (C=O) groups is 1. The summed E-state index contributed by atoms with van der Waals surface area (Å²) in [7, 11) is 0. The minimum Gasteiger partial charge on any atom is -0.358 e. The molecule has 0 saturated carbocycles. The second-order valence-corrected chi connectivity index (χ2v) is 6.89. The minimum absolute atomic E-state index is 0.108. The van der Waals surface area contributed by atoms with Crippen molar-refractivity contribution in [2.45, 2.75) is 45.8 Å². The van der Waals surface area contributed by atoms with Crippen molar-refractivity contribution in [3.8, 4) is 0 Å². The molecule has 0 aromatic heterocycles. The monoisotopic (exact) mass is 322 g/mol. The van der Waals surface area contributed by atoms with E-state index < -0.39 is 5.66 Å². The Morgan fingerprint density at radius 2 is 1.62 bits per heavy atom. The summed E-state index contributed by atoms with van der Waals surface area (Å²) >= 11 is 0. The first-order valence-corrected chi connectivity index (χ1v) is 8.78. The van der Waals surface area contributed by atoms with Crippen LogP contribution in [0.2, 0.25) is 0 Å². The molecule has 126 valence electrons. The van der Waals surface area contributed by atoms with Crippen molar-refractivity contribution < 1.29 is 4.79 Å². The SMILES string of the molecule is CCC(C)N1C(=O)c2ccccc2NC1(c1ccccc1)C(C)C. The third kappa shape index (κ3) is 2.39. The van der Waals surface area contributed by atoms with E-state index in [2.05, 4.69) is 50.0 Å². The molecule has 0 bridgehead atoms. The van der Waals surface area contributed by atoms with Crippen LogP contribution in [0.3, 0.4) is 0 Å². The predicted molar refractivity (Wildman–Crippen MR) is 98.9 cm³/mol. The number of carbonyl (C=O) groups excluding carboxylic acids is 1. The van der Waals surface area contributed by atoms with Gasteiger partial charge in [0.15, 0.2) is 0 Å². The summed E-state index contributed by atoms with van der Waals surface area (Å²) in [6, 6.07) is 18.3. The Morgan fingerprint density at radius 3 is 2.25 bits per heavy atom. The molecule has 2 unspecified atom stereocenters. The fraction of sp³-hybridized carbons (Fsp3) is 0.381. The van der Waals surface area contributed by atoms with Crippen LogP contribution in [0.4, 0.5) is 5.69 Å². The fourth-order valence-electron chi connectivity index (χ4n) is 3.72. The third-order valence-corrected chi connectivity index (χ3v) is 5.16. The van der Waals surface area contributed by atoms with E-state index in [4.69, 9.17) is 0 Å². The van der Waals surface area contributed by atoms with Crippen molar-refractivity contribution in [2.24, 2.45) is 5.92 Å². The van der Waals surface area contributed by atoms with Gasteiger partial charge < -0.3 is 10.2 Å². The Hall–Kier alpha value is -2.29. The van der Waals surface area contributed by atoms with Crippen LogP contribution in [0, 0.1) is 5.92 Å². The Kier molecular flexibility index (Phi) is 4.35. The van der Waals surface area contributed by atoms with Gasteiger partial charge in [-0.2, -0.15) is 0 Å². The maximum absolute atomic E-state index is 13.4. The summed E-state index contributed by atoms with van der Waals surface area (Å²) in [6.07, 6.45) is 0.914. The highest BCUT2D eigenvalue weighted by Gasteiger charge is 2.49. The summed E-state index contributed by atoms with van der Waals surface area (Å²) in [5.74, 6) is 0.322. The number of anilines is 1. The quantitative estimate of drug-likeness (QED) is 0.871. The van der Waals surface area contributed by atoms with Crippen molar-refractivity contribution in [1.82, 2.24) is 4.90 Å². The van der Waals surface area contributed by atoms with Crippen LogP contribution in [-0.2, 0) is 5.66 Å². The van der Waals surface area contributed by atoms with E-state index in [0.29, 0.717) is 0 Å². The molecule has 2 atom stereocenters. The number of nitrogens with zero attached hydrogens (tertiary/aromatic N) is 1.